The van der Waals surface area contributed by atoms with Crippen LogP contribution in [0.2, 0.25) is 0 Å². The lowest BCUT2D eigenvalue weighted by Gasteiger charge is -2.16. The molecule has 4 N–H and O–H groups in total. The molecule has 0 saturated heterocycles. The van der Waals surface area contributed by atoms with Gasteiger partial charge in [-0.25, -0.2) is 0 Å². The van der Waals surface area contributed by atoms with Gasteiger partial charge in [0.15, 0.2) is 5.75 Å². The Morgan fingerprint density at radius 3 is 3.00 bits per heavy atom. The molecule has 1 aliphatic rings. The van der Waals surface area contributed by atoms with Gasteiger partial charge < -0.3 is 21.2 Å². The van der Waals surface area contributed by atoms with Crippen LogP contribution in [0, 0.1) is 5.41 Å². The highest BCUT2D eigenvalue weighted by atomic mass is 16.5. The van der Waals surface area contributed by atoms with E-state index in [-0.39, 0.29) is 17.7 Å². The SMILES string of the molecule is CC1Oc2c(ccc3cccnc23)C1NC(=O)/C(C=N)=C/N. The number of carbonyl (C=O) groups is 1. The predicted molar refractivity (Wildman–Crippen MR) is 83.8 cm³/mol. The molecule has 1 aromatic carbocycles. The van der Waals surface area contributed by atoms with E-state index >= 15 is 0 Å². The highest BCUT2D eigenvalue weighted by Crippen LogP contribution is 2.40. The number of benzene rings is 1. The van der Waals surface area contributed by atoms with Crippen molar-refractivity contribution in [3.63, 3.8) is 0 Å². The van der Waals surface area contributed by atoms with E-state index in [0.29, 0.717) is 5.75 Å². The molecule has 1 aromatic heterocycles. The van der Waals surface area contributed by atoms with Crippen LogP contribution in [-0.4, -0.2) is 23.2 Å². The molecule has 2 heterocycles. The first kappa shape index (κ1) is 14.1. The number of nitrogens with zero attached hydrogens (tertiary/aromatic N) is 1. The number of hydrogen-bond acceptors (Lipinski definition) is 5. The Morgan fingerprint density at radius 1 is 1.45 bits per heavy atom. The maximum absolute atomic E-state index is 12.1. The summed E-state index contributed by atoms with van der Waals surface area (Å²) in [4.78, 5) is 16.5. The lowest BCUT2D eigenvalue weighted by molar-refractivity contribution is -0.118. The molecule has 1 aliphatic heterocycles. The molecule has 0 spiro atoms. The van der Waals surface area contributed by atoms with E-state index in [1.165, 1.54) is 0 Å². The first-order valence-electron chi connectivity index (χ1n) is 6.93. The van der Waals surface area contributed by atoms with E-state index in [2.05, 4.69) is 10.3 Å². The third-order valence-electron chi connectivity index (χ3n) is 3.75. The van der Waals surface area contributed by atoms with E-state index in [9.17, 15) is 4.79 Å². The quantitative estimate of drug-likeness (QED) is 0.592. The summed E-state index contributed by atoms with van der Waals surface area (Å²) < 4.78 is 5.90. The van der Waals surface area contributed by atoms with E-state index in [1.807, 2.05) is 31.2 Å². The van der Waals surface area contributed by atoms with Gasteiger partial charge in [0.25, 0.3) is 5.91 Å². The van der Waals surface area contributed by atoms with Gasteiger partial charge in [0.05, 0.1) is 11.6 Å². The van der Waals surface area contributed by atoms with Crippen LogP contribution < -0.4 is 15.8 Å². The fraction of sp³-hybridized carbons (Fsp3) is 0.188. The average molecular weight is 296 g/mol. The van der Waals surface area contributed by atoms with Gasteiger partial charge in [0, 0.05) is 29.6 Å². The molecule has 3 rings (SSSR count). The van der Waals surface area contributed by atoms with Gasteiger partial charge in [-0.2, -0.15) is 0 Å². The zero-order chi connectivity index (χ0) is 15.7. The summed E-state index contributed by atoms with van der Waals surface area (Å²) >= 11 is 0. The number of nitrogens with one attached hydrogen (secondary N) is 2. The zero-order valence-electron chi connectivity index (χ0n) is 12.0. The van der Waals surface area contributed by atoms with Crippen molar-refractivity contribution in [3.8, 4) is 5.75 Å². The third-order valence-corrected chi connectivity index (χ3v) is 3.75. The van der Waals surface area contributed by atoms with Crippen molar-refractivity contribution in [1.82, 2.24) is 10.3 Å². The van der Waals surface area contributed by atoms with Gasteiger partial charge in [0.2, 0.25) is 0 Å². The van der Waals surface area contributed by atoms with Gasteiger partial charge in [-0.15, -0.1) is 0 Å². The standard InChI is InChI=1S/C16H16N4O2/c1-9-13(20-16(21)11(7-17)8-18)12-5-4-10-3-2-6-19-14(10)15(12)22-9/h2-9,13,17H,18H2,1H3,(H,20,21)/b11-8+,17-7?. The number of hydrogen-bond donors (Lipinski definition) is 3. The van der Waals surface area contributed by atoms with Crippen molar-refractivity contribution in [3.05, 3.63) is 47.8 Å². The predicted octanol–water partition coefficient (Wildman–Crippen LogP) is 1.67. The van der Waals surface area contributed by atoms with Crippen LogP contribution in [0.4, 0.5) is 0 Å². The zero-order valence-corrected chi connectivity index (χ0v) is 12.0. The molecule has 6 heteroatoms. The number of pyridine rings is 1. The molecule has 2 unspecified atom stereocenters. The highest BCUT2D eigenvalue weighted by molar-refractivity contribution is 6.11. The van der Waals surface area contributed by atoms with Crippen LogP contribution in [0.5, 0.6) is 5.75 Å². The molecule has 2 aromatic rings. The van der Waals surface area contributed by atoms with Gasteiger partial charge >= 0.3 is 0 Å². The minimum absolute atomic E-state index is 0.111. The number of nitrogens with two attached hydrogens (primary N) is 1. The number of carbonyl (C=O) groups excluding carboxylic acids is 1. The molecule has 22 heavy (non-hydrogen) atoms. The smallest absolute Gasteiger partial charge is 0.254 e. The highest BCUT2D eigenvalue weighted by Gasteiger charge is 2.34. The maximum Gasteiger partial charge on any atom is 0.254 e. The fourth-order valence-electron chi connectivity index (χ4n) is 2.62. The number of rotatable bonds is 3. The van der Waals surface area contributed by atoms with Gasteiger partial charge in [-0.05, 0) is 13.0 Å². The maximum atomic E-state index is 12.1. The minimum Gasteiger partial charge on any atom is -0.486 e. The van der Waals surface area contributed by atoms with E-state index < -0.39 is 5.91 Å². The van der Waals surface area contributed by atoms with Gasteiger partial charge in [-0.1, -0.05) is 18.2 Å². The molecular weight excluding hydrogens is 280 g/mol. The summed E-state index contributed by atoms with van der Waals surface area (Å²) in [5.41, 5.74) is 7.12. The van der Waals surface area contributed by atoms with Crippen LogP contribution in [0.3, 0.4) is 0 Å². The number of amides is 1. The Hall–Kier alpha value is -2.89. The van der Waals surface area contributed by atoms with Crippen molar-refractivity contribution >= 4 is 23.0 Å². The first-order valence-corrected chi connectivity index (χ1v) is 6.93. The molecule has 112 valence electrons. The van der Waals surface area contributed by atoms with Gasteiger partial charge in [-0.3, -0.25) is 9.78 Å². The Labute approximate surface area is 127 Å². The van der Waals surface area contributed by atoms with Crippen LogP contribution in [0.1, 0.15) is 18.5 Å². The lowest BCUT2D eigenvalue weighted by atomic mass is 10.0. The molecular formula is C16H16N4O2. The van der Waals surface area contributed by atoms with Crippen LogP contribution >= 0.6 is 0 Å². The summed E-state index contributed by atoms with van der Waals surface area (Å²) in [6.07, 6.45) is 3.54. The Morgan fingerprint density at radius 2 is 2.27 bits per heavy atom. The molecule has 0 aliphatic carbocycles. The first-order chi connectivity index (χ1) is 10.7. The second-order valence-electron chi connectivity index (χ2n) is 5.10. The summed E-state index contributed by atoms with van der Waals surface area (Å²) in [5.74, 6) is 0.302. The third kappa shape index (κ3) is 2.18. The molecule has 0 fully saturated rings. The second-order valence-corrected chi connectivity index (χ2v) is 5.10. The largest absolute Gasteiger partial charge is 0.486 e. The van der Waals surface area contributed by atoms with Crippen molar-refractivity contribution in [2.45, 2.75) is 19.1 Å². The second kappa shape index (κ2) is 5.48. The lowest BCUT2D eigenvalue weighted by Crippen LogP contribution is -2.35. The normalized spacial score (nSPS) is 20.3. The van der Waals surface area contributed by atoms with E-state index in [1.54, 1.807) is 6.20 Å². The van der Waals surface area contributed by atoms with Crippen LogP contribution in [-0.2, 0) is 4.79 Å². The van der Waals surface area contributed by atoms with Crippen LogP contribution in [0.25, 0.3) is 10.9 Å². The number of ether oxygens (including phenoxy) is 1. The molecule has 0 saturated carbocycles. The van der Waals surface area contributed by atoms with E-state index in [0.717, 1.165) is 28.9 Å². The molecule has 2 atom stereocenters. The Bertz CT molecular complexity index is 785. The van der Waals surface area contributed by atoms with Crippen molar-refractivity contribution in [1.29, 1.82) is 5.41 Å². The molecule has 0 radical (unpaired) electrons. The summed E-state index contributed by atoms with van der Waals surface area (Å²) in [5, 5.41) is 11.0. The number of fused-ring (bicyclic) bond motifs is 3. The average Bonchev–Trinajstić information content (AvgIpc) is 2.85. The van der Waals surface area contributed by atoms with E-state index in [4.69, 9.17) is 15.9 Å². The summed E-state index contributed by atoms with van der Waals surface area (Å²) in [6, 6.07) is 7.42. The molecule has 6 nitrogen and oxygen atoms in total. The van der Waals surface area contributed by atoms with Crippen LogP contribution in [0.15, 0.2) is 42.2 Å². The topological polar surface area (TPSA) is 101 Å². The fourth-order valence-corrected chi connectivity index (χ4v) is 2.62. The van der Waals surface area contributed by atoms with Crippen molar-refractivity contribution in [2.75, 3.05) is 0 Å². The molecule has 0 bridgehead atoms. The van der Waals surface area contributed by atoms with Crippen molar-refractivity contribution < 1.29 is 9.53 Å². The Kier molecular flexibility index (Phi) is 3.50. The summed E-state index contributed by atoms with van der Waals surface area (Å²) in [6.45, 7) is 1.88. The summed E-state index contributed by atoms with van der Waals surface area (Å²) in [7, 11) is 0. The molecule has 1 amide bonds. The monoisotopic (exact) mass is 296 g/mol. The minimum atomic E-state index is -0.396. The Balaban J connectivity index is 1.98. The van der Waals surface area contributed by atoms with Gasteiger partial charge in [0.1, 0.15) is 11.6 Å². The number of aromatic nitrogens is 1. The van der Waals surface area contributed by atoms with Crippen molar-refractivity contribution in [2.24, 2.45) is 5.73 Å².